The second kappa shape index (κ2) is 4.18. The van der Waals surface area contributed by atoms with Crippen LogP contribution < -0.4 is 0 Å². The zero-order valence-electron chi connectivity index (χ0n) is 4.08. The van der Waals surface area contributed by atoms with Gasteiger partial charge in [0.1, 0.15) is 0 Å². The number of alkyl halides is 4. The van der Waals surface area contributed by atoms with E-state index in [1.807, 2.05) is 0 Å². The lowest BCUT2D eigenvalue weighted by molar-refractivity contribution is 0.0489. The van der Waals surface area contributed by atoms with Crippen molar-refractivity contribution < 1.29 is 13.2 Å². The topological polar surface area (TPSA) is 0 Å². The summed E-state index contributed by atoms with van der Waals surface area (Å²) in [5, 5.41) is 0.290. The van der Waals surface area contributed by atoms with Gasteiger partial charge in [0.25, 0.3) is 6.43 Å². The van der Waals surface area contributed by atoms with Crippen LogP contribution in [0.3, 0.4) is 0 Å². The van der Waals surface area contributed by atoms with Crippen LogP contribution in [0, 0.1) is 0 Å². The molecule has 0 aromatic heterocycles. The van der Waals surface area contributed by atoms with Crippen LogP contribution in [0.5, 0.6) is 0 Å². The van der Waals surface area contributed by atoms with Gasteiger partial charge in [0, 0.05) is 5.33 Å². The van der Waals surface area contributed by atoms with Crippen molar-refractivity contribution in [2.45, 2.75) is 19.0 Å². The van der Waals surface area contributed by atoms with Gasteiger partial charge < -0.3 is 0 Å². The Morgan fingerprint density at radius 1 is 1.25 bits per heavy atom. The van der Waals surface area contributed by atoms with Gasteiger partial charge in [-0.1, -0.05) is 15.9 Å². The Labute approximate surface area is 54.2 Å². The molecule has 0 spiro atoms. The van der Waals surface area contributed by atoms with Crippen LogP contribution in [-0.4, -0.2) is 17.9 Å². The molecule has 0 aliphatic carbocycles. The third-order valence-corrected chi connectivity index (χ3v) is 1.12. The van der Waals surface area contributed by atoms with Crippen molar-refractivity contribution in [3.8, 4) is 0 Å². The highest BCUT2D eigenvalue weighted by molar-refractivity contribution is 9.09. The predicted molar refractivity (Wildman–Crippen MR) is 29.3 cm³/mol. The summed E-state index contributed by atoms with van der Waals surface area (Å²) >= 11 is 2.84. The number of halogens is 4. The van der Waals surface area contributed by atoms with Gasteiger partial charge in [0.15, 0.2) is 6.17 Å². The highest BCUT2D eigenvalue weighted by Gasteiger charge is 2.17. The van der Waals surface area contributed by atoms with Gasteiger partial charge in [-0.25, -0.2) is 13.2 Å². The third-order valence-electron chi connectivity index (χ3n) is 0.658. The standard InChI is InChI=1S/C4H6BrF3/c5-2-1-3(6)4(7)8/h3-4H,1-2H2. The molecular formula is C4H6BrF3. The van der Waals surface area contributed by atoms with Crippen LogP contribution in [0.15, 0.2) is 0 Å². The molecule has 0 aromatic rings. The number of hydrogen-bond donors (Lipinski definition) is 0. The summed E-state index contributed by atoms with van der Waals surface area (Å²) in [6.45, 7) is 0. The average molecular weight is 191 g/mol. The van der Waals surface area contributed by atoms with E-state index in [0.717, 1.165) is 0 Å². The van der Waals surface area contributed by atoms with Crippen molar-refractivity contribution in [2.24, 2.45) is 0 Å². The molecule has 0 aliphatic heterocycles. The predicted octanol–water partition coefficient (Wildman–Crippen LogP) is 2.37. The van der Waals surface area contributed by atoms with Crippen LogP contribution >= 0.6 is 15.9 Å². The summed E-state index contributed by atoms with van der Waals surface area (Å²) in [5.41, 5.74) is 0. The molecule has 1 atom stereocenters. The molecular weight excluding hydrogens is 185 g/mol. The van der Waals surface area contributed by atoms with E-state index in [0.29, 0.717) is 5.33 Å². The third kappa shape index (κ3) is 3.29. The maximum absolute atomic E-state index is 11.7. The van der Waals surface area contributed by atoms with Crippen molar-refractivity contribution in [2.75, 3.05) is 5.33 Å². The summed E-state index contributed by atoms with van der Waals surface area (Å²) in [6, 6.07) is 0. The van der Waals surface area contributed by atoms with Crippen molar-refractivity contribution >= 4 is 15.9 Å². The van der Waals surface area contributed by atoms with Gasteiger partial charge in [-0.3, -0.25) is 0 Å². The lowest BCUT2D eigenvalue weighted by Crippen LogP contribution is -2.11. The average Bonchev–Trinajstić information content (AvgIpc) is 1.67. The Kier molecular flexibility index (Phi) is 4.32. The fraction of sp³-hybridized carbons (Fsp3) is 1.00. The van der Waals surface area contributed by atoms with Gasteiger partial charge in [-0.05, 0) is 6.42 Å². The summed E-state index contributed by atoms with van der Waals surface area (Å²) in [6.07, 6.45) is -4.90. The Bertz CT molecular complexity index is 57.2. The van der Waals surface area contributed by atoms with E-state index in [1.54, 1.807) is 0 Å². The molecule has 0 aromatic carbocycles. The summed E-state index contributed by atoms with van der Waals surface area (Å²) in [5.74, 6) is 0. The molecule has 0 rings (SSSR count). The van der Waals surface area contributed by atoms with E-state index < -0.39 is 12.6 Å². The molecule has 0 fully saturated rings. The SMILES string of the molecule is FC(F)C(F)CCBr. The molecule has 8 heavy (non-hydrogen) atoms. The first-order chi connectivity index (χ1) is 3.68. The van der Waals surface area contributed by atoms with Crippen molar-refractivity contribution in [1.29, 1.82) is 0 Å². The van der Waals surface area contributed by atoms with E-state index >= 15 is 0 Å². The largest absolute Gasteiger partial charge is 0.269 e. The normalized spacial score (nSPS) is 14.6. The van der Waals surface area contributed by atoms with Crippen LogP contribution in [-0.2, 0) is 0 Å². The van der Waals surface area contributed by atoms with Crippen LogP contribution in [0.4, 0.5) is 13.2 Å². The van der Waals surface area contributed by atoms with E-state index in [9.17, 15) is 13.2 Å². The van der Waals surface area contributed by atoms with E-state index in [-0.39, 0.29) is 6.42 Å². The van der Waals surface area contributed by atoms with Crippen molar-refractivity contribution in [1.82, 2.24) is 0 Å². The molecule has 0 radical (unpaired) electrons. The molecule has 0 bridgehead atoms. The summed E-state index contributed by atoms with van der Waals surface area (Å²) < 4.78 is 34.2. The minimum absolute atomic E-state index is 0.113. The molecule has 0 saturated heterocycles. The molecule has 0 N–H and O–H groups in total. The molecule has 0 saturated carbocycles. The highest BCUT2D eigenvalue weighted by atomic mass is 79.9. The fourth-order valence-electron chi connectivity index (χ4n) is 0.230. The quantitative estimate of drug-likeness (QED) is 0.600. The molecule has 0 nitrogen and oxygen atoms in total. The molecule has 1 unspecified atom stereocenters. The second-order valence-electron chi connectivity index (χ2n) is 1.33. The lowest BCUT2D eigenvalue weighted by Gasteiger charge is -2.01. The van der Waals surface area contributed by atoms with Gasteiger partial charge in [-0.2, -0.15) is 0 Å². The highest BCUT2D eigenvalue weighted by Crippen LogP contribution is 2.09. The Hall–Kier alpha value is 0.270. The lowest BCUT2D eigenvalue weighted by atomic mass is 10.3. The molecule has 50 valence electrons. The monoisotopic (exact) mass is 190 g/mol. The van der Waals surface area contributed by atoms with Gasteiger partial charge in [-0.15, -0.1) is 0 Å². The Morgan fingerprint density at radius 3 is 1.88 bits per heavy atom. The second-order valence-corrected chi connectivity index (χ2v) is 2.12. The fourth-order valence-corrected chi connectivity index (χ4v) is 0.668. The maximum Gasteiger partial charge on any atom is 0.269 e. The minimum Gasteiger partial charge on any atom is -0.241 e. The molecule has 4 heteroatoms. The first-order valence-corrected chi connectivity index (χ1v) is 3.28. The Morgan fingerprint density at radius 2 is 1.75 bits per heavy atom. The maximum atomic E-state index is 11.7. The van der Waals surface area contributed by atoms with Gasteiger partial charge in [0.05, 0.1) is 0 Å². The molecule has 0 amide bonds. The molecule has 0 heterocycles. The van der Waals surface area contributed by atoms with Crippen LogP contribution in [0.25, 0.3) is 0 Å². The zero-order chi connectivity index (χ0) is 6.57. The first-order valence-electron chi connectivity index (χ1n) is 2.16. The molecule has 0 aliphatic rings. The zero-order valence-corrected chi connectivity index (χ0v) is 5.67. The van der Waals surface area contributed by atoms with E-state index in [4.69, 9.17) is 0 Å². The van der Waals surface area contributed by atoms with Crippen molar-refractivity contribution in [3.63, 3.8) is 0 Å². The summed E-state index contributed by atoms with van der Waals surface area (Å²) in [7, 11) is 0. The van der Waals surface area contributed by atoms with Crippen LogP contribution in [0.1, 0.15) is 6.42 Å². The number of hydrogen-bond acceptors (Lipinski definition) is 0. The van der Waals surface area contributed by atoms with Gasteiger partial charge in [0.2, 0.25) is 0 Å². The first kappa shape index (κ1) is 8.27. The smallest absolute Gasteiger partial charge is 0.241 e. The van der Waals surface area contributed by atoms with Crippen LogP contribution in [0.2, 0.25) is 0 Å². The summed E-state index contributed by atoms with van der Waals surface area (Å²) in [4.78, 5) is 0. The minimum atomic E-state index is -2.83. The van der Waals surface area contributed by atoms with E-state index in [1.165, 1.54) is 0 Å². The van der Waals surface area contributed by atoms with Gasteiger partial charge >= 0.3 is 0 Å². The Balaban J connectivity index is 3.17. The number of rotatable bonds is 3. The van der Waals surface area contributed by atoms with Crippen molar-refractivity contribution in [3.05, 3.63) is 0 Å². The van der Waals surface area contributed by atoms with E-state index in [2.05, 4.69) is 15.9 Å².